The van der Waals surface area contributed by atoms with Crippen molar-refractivity contribution in [2.45, 2.75) is 20.4 Å². The molecule has 2 N–H and O–H groups in total. The number of hydrogen-bond acceptors (Lipinski definition) is 4. The number of amides is 1. The van der Waals surface area contributed by atoms with Gasteiger partial charge in [-0.2, -0.15) is 0 Å². The van der Waals surface area contributed by atoms with Crippen molar-refractivity contribution in [1.29, 1.82) is 0 Å². The van der Waals surface area contributed by atoms with Crippen molar-refractivity contribution >= 4 is 23.1 Å². The van der Waals surface area contributed by atoms with E-state index in [1.54, 1.807) is 28.4 Å². The lowest BCUT2D eigenvalue weighted by molar-refractivity contribution is 0.0754. The van der Waals surface area contributed by atoms with Gasteiger partial charge in [-0.3, -0.25) is 4.79 Å². The van der Waals surface area contributed by atoms with E-state index in [2.05, 4.69) is 4.98 Å². The molecular weight excluding hydrogens is 258 g/mol. The Morgan fingerprint density at radius 1 is 1.47 bits per heavy atom. The number of aryl methyl sites for hydroxylation is 1. The molecular formula is C14H17N3OS. The van der Waals surface area contributed by atoms with Crippen LogP contribution in [0.15, 0.2) is 29.6 Å². The molecule has 0 unspecified atom stereocenters. The van der Waals surface area contributed by atoms with Gasteiger partial charge in [0.2, 0.25) is 0 Å². The zero-order chi connectivity index (χ0) is 13.8. The first-order chi connectivity index (χ1) is 9.10. The first-order valence-electron chi connectivity index (χ1n) is 6.16. The fourth-order valence-electron chi connectivity index (χ4n) is 1.92. The maximum Gasteiger partial charge on any atom is 0.254 e. The molecule has 5 heteroatoms. The van der Waals surface area contributed by atoms with Gasteiger partial charge in [-0.15, -0.1) is 11.3 Å². The molecule has 2 rings (SSSR count). The van der Waals surface area contributed by atoms with E-state index in [-0.39, 0.29) is 5.91 Å². The summed E-state index contributed by atoms with van der Waals surface area (Å²) < 4.78 is 0. The van der Waals surface area contributed by atoms with Gasteiger partial charge in [0.05, 0.1) is 6.54 Å². The van der Waals surface area contributed by atoms with Gasteiger partial charge < -0.3 is 10.6 Å². The molecule has 0 aliphatic rings. The quantitative estimate of drug-likeness (QED) is 0.933. The van der Waals surface area contributed by atoms with E-state index in [0.29, 0.717) is 24.5 Å². The third-order valence-corrected chi connectivity index (χ3v) is 3.68. The van der Waals surface area contributed by atoms with E-state index in [1.807, 2.05) is 31.4 Å². The lowest BCUT2D eigenvalue weighted by Crippen LogP contribution is -2.30. The molecule has 0 aliphatic heterocycles. The highest BCUT2D eigenvalue weighted by Gasteiger charge is 2.16. The van der Waals surface area contributed by atoms with Gasteiger partial charge in [0.15, 0.2) is 0 Å². The van der Waals surface area contributed by atoms with Crippen LogP contribution in [-0.2, 0) is 6.54 Å². The highest BCUT2D eigenvalue weighted by molar-refractivity contribution is 7.09. The van der Waals surface area contributed by atoms with Crippen molar-refractivity contribution in [2.75, 3.05) is 12.3 Å². The normalized spacial score (nSPS) is 10.4. The average molecular weight is 275 g/mol. The molecule has 2 aromatic rings. The Bertz CT molecular complexity index is 546. The third-order valence-electron chi connectivity index (χ3n) is 2.82. The third kappa shape index (κ3) is 3.32. The van der Waals surface area contributed by atoms with Crippen LogP contribution < -0.4 is 5.73 Å². The predicted octanol–water partition coefficient (Wildman–Crippen LogP) is 2.70. The maximum atomic E-state index is 12.5. The molecule has 100 valence electrons. The summed E-state index contributed by atoms with van der Waals surface area (Å²) in [7, 11) is 0. The van der Waals surface area contributed by atoms with E-state index in [0.717, 1.165) is 5.69 Å². The Balaban J connectivity index is 2.20. The molecule has 19 heavy (non-hydrogen) atoms. The summed E-state index contributed by atoms with van der Waals surface area (Å²) in [5, 5.41) is 2.02. The Hall–Kier alpha value is -1.88. The average Bonchev–Trinajstić information content (AvgIpc) is 2.86. The Morgan fingerprint density at radius 2 is 2.26 bits per heavy atom. The highest BCUT2D eigenvalue weighted by atomic mass is 32.1. The van der Waals surface area contributed by atoms with Gasteiger partial charge in [-0.05, 0) is 37.4 Å². The molecule has 0 spiro atoms. The minimum absolute atomic E-state index is 0.00639. The molecule has 1 amide bonds. The Labute approximate surface area is 116 Å². The summed E-state index contributed by atoms with van der Waals surface area (Å²) in [4.78, 5) is 19.5. The Morgan fingerprint density at radius 3 is 2.84 bits per heavy atom. The Kier molecular flexibility index (Phi) is 4.16. The summed E-state index contributed by atoms with van der Waals surface area (Å²) in [6, 6.07) is 7.43. The van der Waals surface area contributed by atoms with Crippen LogP contribution in [0.3, 0.4) is 0 Å². The number of pyridine rings is 1. The minimum atomic E-state index is -0.00639. The molecule has 0 fully saturated rings. The number of nitrogen functional groups attached to an aromatic ring is 1. The molecule has 0 saturated heterocycles. The zero-order valence-electron chi connectivity index (χ0n) is 11.1. The fraction of sp³-hybridized carbons (Fsp3) is 0.286. The number of aromatic nitrogens is 1. The van der Waals surface area contributed by atoms with Crippen molar-refractivity contribution in [3.8, 4) is 0 Å². The second kappa shape index (κ2) is 5.84. The van der Waals surface area contributed by atoms with E-state index in [1.165, 1.54) is 4.88 Å². The monoisotopic (exact) mass is 275 g/mol. The summed E-state index contributed by atoms with van der Waals surface area (Å²) in [5.41, 5.74) is 7.06. The van der Waals surface area contributed by atoms with Crippen molar-refractivity contribution in [2.24, 2.45) is 0 Å². The van der Waals surface area contributed by atoms with E-state index >= 15 is 0 Å². The molecule has 0 aliphatic carbocycles. The number of carbonyl (C=O) groups excluding carboxylic acids is 1. The van der Waals surface area contributed by atoms with Crippen molar-refractivity contribution in [3.05, 3.63) is 45.8 Å². The van der Waals surface area contributed by atoms with Crippen LogP contribution >= 0.6 is 11.3 Å². The number of anilines is 1. The standard InChI is InChI=1S/C14H17N3OS/c1-3-17(9-12-5-4-6-19-12)14(18)11-7-10(2)16-13(15)8-11/h4-8H,3,9H2,1-2H3,(H2,15,16). The molecule has 0 bridgehead atoms. The first-order valence-corrected chi connectivity index (χ1v) is 7.04. The number of nitrogens with two attached hydrogens (primary N) is 1. The molecule has 0 atom stereocenters. The highest BCUT2D eigenvalue weighted by Crippen LogP contribution is 2.15. The molecule has 2 aromatic heterocycles. The summed E-state index contributed by atoms with van der Waals surface area (Å²) >= 11 is 1.65. The van der Waals surface area contributed by atoms with Gasteiger partial charge in [0.25, 0.3) is 5.91 Å². The minimum Gasteiger partial charge on any atom is -0.384 e. The summed E-state index contributed by atoms with van der Waals surface area (Å²) in [6.07, 6.45) is 0. The number of thiophene rings is 1. The molecule has 0 aromatic carbocycles. The second-order valence-electron chi connectivity index (χ2n) is 4.32. The lowest BCUT2D eigenvalue weighted by atomic mass is 10.2. The SMILES string of the molecule is CCN(Cc1cccs1)C(=O)c1cc(C)nc(N)c1. The summed E-state index contributed by atoms with van der Waals surface area (Å²) in [6.45, 7) is 5.11. The van der Waals surface area contributed by atoms with Crippen molar-refractivity contribution in [1.82, 2.24) is 9.88 Å². The van der Waals surface area contributed by atoms with Crippen molar-refractivity contribution < 1.29 is 4.79 Å². The zero-order valence-corrected chi connectivity index (χ0v) is 11.9. The van der Waals surface area contributed by atoms with Gasteiger partial charge in [-0.1, -0.05) is 6.07 Å². The van der Waals surface area contributed by atoms with E-state index in [4.69, 9.17) is 5.73 Å². The molecule has 0 radical (unpaired) electrons. The van der Waals surface area contributed by atoms with Crippen LogP contribution in [0.25, 0.3) is 0 Å². The van der Waals surface area contributed by atoms with Crippen LogP contribution in [0, 0.1) is 6.92 Å². The van der Waals surface area contributed by atoms with Crippen LogP contribution in [-0.4, -0.2) is 22.3 Å². The molecule has 0 saturated carbocycles. The maximum absolute atomic E-state index is 12.5. The fourth-order valence-corrected chi connectivity index (χ4v) is 2.64. The number of hydrogen-bond donors (Lipinski definition) is 1. The molecule has 4 nitrogen and oxygen atoms in total. The van der Waals surface area contributed by atoms with E-state index < -0.39 is 0 Å². The number of carbonyl (C=O) groups is 1. The molecule has 2 heterocycles. The number of rotatable bonds is 4. The predicted molar refractivity (Wildman–Crippen MR) is 78.1 cm³/mol. The van der Waals surface area contributed by atoms with Crippen molar-refractivity contribution in [3.63, 3.8) is 0 Å². The second-order valence-corrected chi connectivity index (χ2v) is 5.35. The van der Waals surface area contributed by atoms with Gasteiger partial charge in [0, 0.05) is 22.7 Å². The van der Waals surface area contributed by atoms with Gasteiger partial charge in [-0.25, -0.2) is 4.98 Å². The van der Waals surface area contributed by atoms with Gasteiger partial charge >= 0.3 is 0 Å². The summed E-state index contributed by atoms with van der Waals surface area (Å²) in [5.74, 6) is 0.378. The van der Waals surface area contributed by atoms with Crippen LogP contribution in [0.5, 0.6) is 0 Å². The number of nitrogens with zero attached hydrogens (tertiary/aromatic N) is 2. The van der Waals surface area contributed by atoms with Gasteiger partial charge in [0.1, 0.15) is 5.82 Å². The largest absolute Gasteiger partial charge is 0.384 e. The smallest absolute Gasteiger partial charge is 0.254 e. The van der Waals surface area contributed by atoms with Crippen LogP contribution in [0.1, 0.15) is 27.9 Å². The van der Waals surface area contributed by atoms with E-state index in [9.17, 15) is 4.79 Å². The first kappa shape index (κ1) is 13.5. The van der Waals surface area contributed by atoms with Crippen LogP contribution in [0.2, 0.25) is 0 Å². The lowest BCUT2D eigenvalue weighted by Gasteiger charge is -2.20. The van der Waals surface area contributed by atoms with Crippen LogP contribution in [0.4, 0.5) is 5.82 Å². The topological polar surface area (TPSA) is 59.2 Å².